The zero-order valence-corrected chi connectivity index (χ0v) is 28.6. The van der Waals surface area contributed by atoms with Gasteiger partial charge in [-0.05, 0) is 52.9 Å². The van der Waals surface area contributed by atoms with Crippen LogP contribution in [0.1, 0.15) is 129 Å². The average Bonchev–Trinajstić information content (AvgIpc) is 3.35. The summed E-state index contributed by atoms with van der Waals surface area (Å²) in [4.78, 5) is 42.3. The van der Waals surface area contributed by atoms with Crippen LogP contribution in [0.25, 0.3) is 0 Å². The van der Waals surface area contributed by atoms with Crippen molar-refractivity contribution in [3.63, 3.8) is 0 Å². The fourth-order valence-electron chi connectivity index (χ4n) is 8.05. The number of benzene rings is 3. The summed E-state index contributed by atoms with van der Waals surface area (Å²) in [6.45, 7) is 2.66. The van der Waals surface area contributed by atoms with E-state index in [-0.39, 0.29) is 23.7 Å². The van der Waals surface area contributed by atoms with E-state index in [1.807, 2.05) is 24.3 Å². The van der Waals surface area contributed by atoms with E-state index in [1.165, 1.54) is 75.5 Å². The highest BCUT2D eigenvalue weighted by Crippen LogP contribution is 2.66. The Kier molecular flexibility index (Phi) is 10.4. The summed E-state index contributed by atoms with van der Waals surface area (Å²) in [5.74, 6) is -2.01. The number of esters is 1. The van der Waals surface area contributed by atoms with Crippen molar-refractivity contribution in [2.75, 3.05) is 11.5 Å². The predicted octanol–water partition coefficient (Wildman–Crippen LogP) is 9.84. The Balaban J connectivity index is 1.000. The Morgan fingerprint density at radius 3 is 1.74 bits per heavy atom. The van der Waals surface area contributed by atoms with E-state index in [1.54, 1.807) is 24.3 Å². The minimum absolute atomic E-state index is 0.183. The molecule has 5 nitrogen and oxygen atoms in total. The number of anilines is 1. The third kappa shape index (κ3) is 6.10. The lowest BCUT2D eigenvalue weighted by molar-refractivity contribution is -0.122. The molecule has 2 atom stereocenters. The maximum absolute atomic E-state index is 14.1. The monoisotopic (exact) mass is 683 g/mol. The topological polar surface area (TPSA) is 63.7 Å². The number of imide groups is 1. The Morgan fingerprint density at radius 1 is 0.696 bits per heavy atom. The maximum atomic E-state index is 14.1. The number of amides is 2. The van der Waals surface area contributed by atoms with Crippen LogP contribution in [0.5, 0.6) is 0 Å². The number of carbonyl (C=O) groups excluding carboxylic acids is 3. The van der Waals surface area contributed by atoms with E-state index in [2.05, 4.69) is 47.1 Å². The molecule has 2 bridgehead atoms. The highest BCUT2D eigenvalue weighted by atomic mass is 79.9. The molecule has 0 aromatic heterocycles. The first-order valence-corrected chi connectivity index (χ1v) is 18.3. The molecule has 0 radical (unpaired) electrons. The Bertz CT molecular complexity index is 1500. The first-order chi connectivity index (χ1) is 22.5. The van der Waals surface area contributed by atoms with Crippen molar-refractivity contribution in [3.8, 4) is 0 Å². The van der Waals surface area contributed by atoms with E-state index in [0.29, 0.717) is 17.9 Å². The van der Waals surface area contributed by atoms with Gasteiger partial charge in [-0.3, -0.25) is 9.59 Å². The lowest BCUT2D eigenvalue weighted by atomic mass is 9.55. The van der Waals surface area contributed by atoms with Crippen LogP contribution in [-0.4, -0.2) is 24.4 Å². The Hall–Kier alpha value is -3.25. The van der Waals surface area contributed by atoms with E-state index in [9.17, 15) is 14.4 Å². The van der Waals surface area contributed by atoms with Crippen LogP contribution in [0.2, 0.25) is 0 Å². The van der Waals surface area contributed by atoms with Gasteiger partial charge in [0, 0.05) is 5.92 Å². The van der Waals surface area contributed by atoms with Gasteiger partial charge in [-0.2, -0.15) is 0 Å². The summed E-state index contributed by atoms with van der Waals surface area (Å²) >= 11 is 4.04. The van der Waals surface area contributed by atoms with E-state index < -0.39 is 16.2 Å². The van der Waals surface area contributed by atoms with Gasteiger partial charge in [-0.1, -0.05) is 148 Å². The molecule has 3 aliphatic carbocycles. The first-order valence-electron chi connectivity index (χ1n) is 17.5. The van der Waals surface area contributed by atoms with Crippen LogP contribution in [0.15, 0.2) is 72.8 Å². The summed E-state index contributed by atoms with van der Waals surface area (Å²) in [6, 6.07) is 23.0. The van der Waals surface area contributed by atoms with Crippen molar-refractivity contribution in [1.82, 2.24) is 0 Å². The van der Waals surface area contributed by atoms with Crippen LogP contribution in [0.3, 0.4) is 0 Å². The minimum atomic E-state index is -0.779. The fraction of sp³-hybridized carbons (Fsp3) is 0.475. The van der Waals surface area contributed by atoms with Gasteiger partial charge in [0.2, 0.25) is 11.8 Å². The summed E-state index contributed by atoms with van der Waals surface area (Å²) in [5, 5.41) is 0. The highest BCUT2D eigenvalue weighted by Gasteiger charge is 2.67. The minimum Gasteiger partial charge on any atom is -0.462 e. The number of nitrogens with zero attached hydrogens (tertiary/aromatic N) is 1. The molecule has 0 N–H and O–H groups in total. The Morgan fingerprint density at radius 2 is 1.20 bits per heavy atom. The third-order valence-electron chi connectivity index (χ3n) is 10.4. The number of rotatable bonds is 16. The van der Waals surface area contributed by atoms with Crippen LogP contribution in [-0.2, 0) is 18.7 Å². The van der Waals surface area contributed by atoms with Crippen molar-refractivity contribution in [2.24, 2.45) is 11.8 Å². The van der Waals surface area contributed by atoms with E-state index in [0.717, 1.165) is 35.1 Å². The number of hydrogen-bond acceptors (Lipinski definition) is 4. The lowest BCUT2D eigenvalue weighted by Gasteiger charge is -2.51. The largest absolute Gasteiger partial charge is 0.462 e. The first kappa shape index (κ1) is 32.7. The van der Waals surface area contributed by atoms with Gasteiger partial charge in [-0.25, -0.2) is 9.69 Å². The third-order valence-corrected chi connectivity index (χ3v) is 11.7. The molecule has 1 fully saturated rings. The zero-order valence-electron chi connectivity index (χ0n) is 27.0. The molecule has 46 heavy (non-hydrogen) atoms. The van der Waals surface area contributed by atoms with Crippen molar-refractivity contribution >= 4 is 39.4 Å². The molecule has 2 amide bonds. The number of unbranched alkanes of at least 4 members (excludes halogenated alkanes) is 12. The van der Waals surface area contributed by atoms with Gasteiger partial charge in [0.05, 0.1) is 34.0 Å². The quantitative estimate of drug-likeness (QED) is 0.0652. The second kappa shape index (κ2) is 14.7. The molecule has 0 spiro atoms. The van der Waals surface area contributed by atoms with Crippen LogP contribution >= 0.6 is 15.9 Å². The van der Waals surface area contributed by atoms with Crippen molar-refractivity contribution < 1.29 is 19.1 Å². The Labute approximate surface area is 282 Å². The van der Waals surface area contributed by atoms with Gasteiger partial charge in [0.1, 0.15) is 0 Å². The SMILES string of the molecule is CCCCCCCCCCCCCCCOC(=O)c1ccc(N2C(=O)C3C4c5ccccc5C(Br)(c5ccccc54)C3C2=O)cc1. The van der Waals surface area contributed by atoms with Crippen molar-refractivity contribution in [2.45, 2.75) is 101 Å². The van der Waals surface area contributed by atoms with Crippen LogP contribution in [0, 0.1) is 11.8 Å². The number of ether oxygens (including phenoxy) is 1. The van der Waals surface area contributed by atoms with Gasteiger partial charge < -0.3 is 4.74 Å². The molecule has 1 heterocycles. The summed E-state index contributed by atoms with van der Waals surface area (Å²) < 4.78 is 4.76. The molecule has 0 saturated carbocycles. The van der Waals surface area contributed by atoms with Gasteiger partial charge in [-0.15, -0.1) is 0 Å². The molecule has 3 aromatic carbocycles. The molecular formula is C40H46BrNO4. The molecule has 3 aromatic rings. The summed E-state index contributed by atoms with van der Waals surface area (Å²) in [7, 11) is 0. The molecule has 6 heteroatoms. The maximum Gasteiger partial charge on any atom is 0.338 e. The second-order valence-corrected chi connectivity index (χ2v) is 14.6. The average molecular weight is 685 g/mol. The van der Waals surface area contributed by atoms with Gasteiger partial charge in [0.25, 0.3) is 0 Å². The van der Waals surface area contributed by atoms with Gasteiger partial charge in [0.15, 0.2) is 0 Å². The van der Waals surface area contributed by atoms with E-state index in [4.69, 9.17) is 4.74 Å². The predicted molar refractivity (Wildman–Crippen MR) is 186 cm³/mol. The second-order valence-electron chi connectivity index (χ2n) is 13.3. The molecule has 1 saturated heterocycles. The van der Waals surface area contributed by atoms with Crippen LogP contribution in [0.4, 0.5) is 5.69 Å². The lowest BCUT2D eigenvalue weighted by Crippen LogP contribution is -2.50. The van der Waals surface area contributed by atoms with Crippen LogP contribution < -0.4 is 4.90 Å². The fourth-order valence-corrected chi connectivity index (χ4v) is 9.25. The summed E-state index contributed by atoms with van der Waals surface area (Å²) in [6.07, 6.45) is 16.5. The molecule has 242 valence electrons. The van der Waals surface area contributed by atoms with Gasteiger partial charge >= 0.3 is 5.97 Å². The highest BCUT2D eigenvalue weighted by molar-refractivity contribution is 9.09. The molecule has 4 aliphatic rings. The molecule has 7 rings (SSSR count). The number of carbonyl (C=O) groups is 3. The molecule has 1 aliphatic heterocycles. The molecule has 2 unspecified atom stereocenters. The van der Waals surface area contributed by atoms with Crippen molar-refractivity contribution in [1.29, 1.82) is 0 Å². The number of halogens is 1. The van der Waals surface area contributed by atoms with E-state index >= 15 is 0 Å². The zero-order chi connectivity index (χ0) is 32.1. The number of alkyl halides is 1. The van der Waals surface area contributed by atoms with Crippen molar-refractivity contribution in [3.05, 3.63) is 101 Å². The normalized spacial score (nSPS) is 22.5. The summed E-state index contributed by atoms with van der Waals surface area (Å²) in [5.41, 5.74) is 5.23. The smallest absolute Gasteiger partial charge is 0.338 e. The standard InChI is InChI=1S/C40H46BrNO4/c1-2-3-4-5-6-7-8-9-10-11-12-13-18-27-46-39(45)28-23-25-29(26-24-28)42-37(43)35-34-30-19-14-16-21-32(30)40(41,36(35)38(42)44)33-22-17-15-20-31(33)34/h14-17,19-26,34-36H,2-13,18,27H2,1H3. The molecular weight excluding hydrogens is 638 g/mol. The number of hydrogen-bond donors (Lipinski definition) is 0.